The van der Waals surface area contributed by atoms with Crippen molar-refractivity contribution >= 4 is 31.6 Å². The zero-order valence-electron chi connectivity index (χ0n) is 11.1. The molecule has 108 valence electrons. The van der Waals surface area contributed by atoms with Crippen molar-refractivity contribution in [2.75, 3.05) is 12.4 Å². The van der Waals surface area contributed by atoms with E-state index in [0.29, 0.717) is 11.2 Å². The summed E-state index contributed by atoms with van der Waals surface area (Å²) in [5.41, 5.74) is 1.72. The molecular formula is C13H15BrN2O3S. The van der Waals surface area contributed by atoms with Gasteiger partial charge in [0.25, 0.3) is 0 Å². The summed E-state index contributed by atoms with van der Waals surface area (Å²) in [6, 6.07) is 8.62. The van der Waals surface area contributed by atoms with E-state index < -0.39 is 10.0 Å². The van der Waals surface area contributed by atoms with Crippen LogP contribution in [-0.2, 0) is 16.6 Å². The van der Waals surface area contributed by atoms with E-state index in [-0.39, 0.29) is 4.90 Å². The van der Waals surface area contributed by atoms with Gasteiger partial charge in [-0.1, -0.05) is 6.07 Å². The first-order valence-electron chi connectivity index (χ1n) is 5.94. The van der Waals surface area contributed by atoms with Crippen LogP contribution in [0.25, 0.3) is 0 Å². The van der Waals surface area contributed by atoms with Crippen LogP contribution < -0.4 is 10.0 Å². The van der Waals surface area contributed by atoms with Gasteiger partial charge in [-0.05, 0) is 59.7 Å². The van der Waals surface area contributed by atoms with Gasteiger partial charge in [-0.3, -0.25) is 0 Å². The lowest BCUT2D eigenvalue weighted by molar-refractivity contribution is 0.495. The highest BCUT2D eigenvalue weighted by molar-refractivity contribution is 9.10. The molecule has 0 fully saturated rings. The highest BCUT2D eigenvalue weighted by Crippen LogP contribution is 2.21. The van der Waals surface area contributed by atoms with Crippen molar-refractivity contribution in [2.45, 2.75) is 18.4 Å². The van der Waals surface area contributed by atoms with Crippen molar-refractivity contribution in [1.29, 1.82) is 0 Å². The van der Waals surface area contributed by atoms with E-state index in [1.165, 1.54) is 7.05 Å². The normalized spacial score (nSPS) is 11.6. The average molecular weight is 359 g/mol. The van der Waals surface area contributed by atoms with Crippen molar-refractivity contribution in [2.24, 2.45) is 0 Å². The number of halogens is 1. The third kappa shape index (κ3) is 3.41. The van der Waals surface area contributed by atoms with Gasteiger partial charge in [-0.25, -0.2) is 13.1 Å². The number of furan rings is 1. The number of hydrogen-bond donors (Lipinski definition) is 2. The number of hydrogen-bond acceptors (Lipinski definition) is 4. The van der Waals surface area contributed by atoms with E-state index in [2.05, 4.69) is 26.0 Å². The predicted octanol–water partition coefficient (Wildman–Crippen LogP) is 2.87. The predicted molar refractivity (Wildman–Crippen MR) is 81.2 cm³/mol. The lowest BCUT2D eigenvalue weighted by Gasteiger charge is -2.10. The molecule has 20 heavy (non-hydrogen) atoms. The summed E-state index contributed by atoms with van der Waals surface area (Å²) in [6.45, 7) is 2.39. The van der Waals surface area contributed by atoms with Gasteiger partial charge in [0, 0.05) is 5.69 Å². The van der Waals surface area contributed by atoms with Crippen molar-refractivity contribution in [3.63, 3.8) is 0 Å². The van der Waals surface area contributed by atoms with Crippen LogP contribution in [-0.4, -0.2) is 15.5 Å². The summed E-state index contributed by atoms with van der Waals surface area (Å²) in [6.07, 6.45) is 0. The molecule has 0 atom stereocenters. The Labute approximate surface area is 126 Å². The maximum atomic E-state index is 11.8. The van der Waals surface area contributed by atoms with Gasteiger partial charge in [0.05, 0.1) is 11.4 Å². The van der Waals surface area contributed by atoms with E-state index in [0.717, 1.165) is 17.0 Å². The van der Waals surface area contributed by atoms with E-state index >= 15 is 0 Å². The van der Waals surface area contributed by atoms with Crippen LogP contribution in [0.3, 0.4) is 0 Å². The molecule has 0 aliphatic heterocycles. The fraction of sp³-hybridized carbons (Fsp3) is 0.231. The monoisotopic (exact) mass is 358 g/mol. The highest BCUT2D eigenvalue weighted by atomic mass is 79.9. The Balaban J connectivity index is 2.21. The average Bonchev–Trinajstić information content (AvgIpc) is 2.83. The van der Waals surface area contributed by atoms with Crippen LogP contribution in [0.1, 0.15) is 11.3 Å². The third-order valence-corrected chi connectivity index (χ3v) is 4.71. The Morgan fingerprint density at radius 2 is 2.00 bits per heavy atom. The standard InChI is InChI=1S/C13H15BrN2O3S/c1-9-3-5-11(20(17,18)15-2)7-12(9)16-8-10-4-6-13(14)19-10/h3-7,15-16H,8H2,1-2H3. The SMILES string of the molecule is CNS(=O)(=O)c1ccc(C)c(NCc2ccc(Br)o2)c1. The summed E-state index contributed by atoms with van der Waals surface area (Å²) in [7, 11) is -2.05. The van der Waals surface area contributed by atoms with Crippen LogP contribution in [0.15, 0.2) is 44.3 Å². The maximum Gasteiger partial charge on any atom is 0.240 e. The van der Waals surface area contributed by atoms with E-state index in [9.17, 15) is 8.42 Å². The van der Waals surface area contributed by atoms with Crippen LogP contribution in [0.2, 0.25) is 0 Å². The molecule has 0 spiro atoms. The Hall–Kier alpha value is -1.31. The smallest absolute Gasteiger partial charge is 0.240 e. The number of nitrogens with one attached hydrogen (secondary N) is 2. The minimum atomic E-state index is -3.44. The zero-order valence-corrected chi connectivity index (χ0v) is 13.5. The fourth-order valence-corrected chi connectivity index (χ4v) is 2.80. The summed E-state index contributed by atoms with van der Waals surface area (Å²) in [5.74, 6) is 0.762. The lowest BCUT2D eigenvalue weighted by Crippen LogP contribution is -2.18. The molecule has 2 N–H and O–H groups in total. The molecule has 0 unspecified atom stereocenters. The molecule has 0 bridgehead atoms. The summed E-state index contributed by atoms with van der Waals surface area (Å²) in [5, 5.41) is 3.17. The molecule has 0 aliphatic carbocycles. The molecule has 2 rings (SSSR count). The second kappa shape index (κ2) is 5.99. The first-order chi connectivity index (χ1) is 9.42. The van der Waals surface area contributed by atoms with Crippen molar-refractivity contribution in [1.82, 2.24) is 4.72 Å². The Morgan fingerprint density at radius 1 is 1.25 bits per heavy atom. The second-order valence-corrected chi connectivity index (χ2v) is 6.91. The molecule has 0 amide bonds. The lowest BCUT2D eigenvalue weighted by atomic mass is 10.2. The molecule has 0 radical (unpaired) electrons. The van der Waals surface area contributed by atoms with Gasteiger partial charge >= 0.3 is 0 Å². The zero-order chi connectivity index (χ0) is 14.8. The molecule has 2 aromatic rings. The Bertz CT molecular complexity index is 710. The second-order valence-electron chi connectivity index (χ2n) is 4.24. The number of sulfonamides is 1. The quantitative estimate of drug-likeness (QED) is 0.861. The van der Waals surface area contributed by atoms with Gasteiger partial charge < -0.3 is 9.73 Å². The van der Waals surface area contributed by atoms with E-state index in [1.807, 2.05) is 19.1 Å². The first kappa shape index (κ1) is 15.1. The topological polar surface area (TPSA) is 71.3 Å². The first-order valence-corrected chi connectivity index (χ1v) is 8.22. The third-order valence-electron chi connectivity index (χ3n) is 2.87. The maximum absolute atomic E-state index is 11.8. The Kier molecular flexibility index (Phi) is 4.52. The highest BCUT2D eigenvalue weighted by Gasteiger charge is 2.13. The van der Waals surface area contributed by atoms with Gasteiger partial charge in [-0.15, -0.1) is 0 Å². The molecule has 7 heteroatoms. The van der Waals surface area contributed by atoms with Crippen LogP contribution in [0.4, 0.5) is 5.69 Å². The van der Waals surface area contributed by atoms with Gasteiger partial charge in [0.2, 0.25) is 10.0 Å². The fourth-order valence-electron chi connectivity index (χ4n) is 1.71. The summed E-state index contributed by atoms with van der Waals surface area (Å²) in [4.78, 5) is 0.230. The molecular weight excluding hydrogens is 344 g/mol. The molecule has 1 aromatic carbocycles. The Morgan fingerprint density at radius 3 is 2.60 bits per heavy atom. The van der Waals surface area contributed by atoms with Crippen LogP contribution in [0, 0.1) is 6.92 Å². The molecule has 0 aliphatic rings. The molecule has 5 nitrogen and oxygen atoms in total. The van der Waals surface area contributed by atoms with Gasteiger partial charge in [-0.2, -0.15) is 0 Å². The largest absolute Gasteiger partial charge is 0.452 e. The minimum absolute atomic E-state index is 0.230. The molecule has 1 heterocycles. The van der Waals surface area contributed by atoms with Crippen molar-refractivity contribution in [3.05, 3.63) is 46.3 Å². The van der Waals surface area contributed by atoms with E-state index in [4.69, 9.17) is 4.42 Å². The number of benzene rings is 1. The number of anilines is 1. The van der Waals surface area contributed by atoms with Gasteiger partial charge in [0.15, 0.2) is 4.67 Å². The molecule has 0 saturated heterocycles. The van der Waals surface area contributed by atoms with Crippen molar-refractivity contribution < 1.29 is 12.8 Å². The van der Waals surface area contributed by atoms with Crippen molar-refractivity contribution in [3.8, 4) is 0 Å². The minimum Gasteiger partial charge on any atom is -0.452 e. The number of aryl methyl sites for hydroxylation is 1. The number of rotatable bonds is 5. The van der Waals surface area contributed by atoms with Gasteiger partial charge in [0.1, 0.15) is 5.76 Å². The van der Waals surface area contributed by atoms with E-state index in [1.54, 1.807) is 18.2 Å². The van der Waals surface area contributed by atoms with Crippen LogP contribution in [0.5, 0.6) is 0 Å². The van der Waals surface area contributed by atoms with Crippen LogP contribution >= 0.6 is 15.9 Å². The summed E-state index contributed by atoms with van der Waals surface area (Å²) >= 11 is 3.24. The molecule has 0 saturated carbocycles. The molecule has 1 aromatic heterocycles. The summed E-state index contributed by atoms with van der Waals surface area (Å²) < 4.78 is 31.9.